The number of phenols is 1. The largest absolute Gasteiger partial charge is 0.506 e. The van der Waals surface area contributed by atoms with Crippen molar-refractivity contribution in [3.63, 3.8) is 0 Å². The Balaban J connectivity index is 1.75. The fraction of sp³-hybridized carbons (Fsp3) is 0.0909. The number of phenolic OH excluding ortho intramolecular Hbond substituents is 1. The third-order valence-corrected chi connectivity index (χ3v) is 4.54. The highest BCUT2D eigenvalue weighted by atomic mass is 16.3. The van der Waals surface area contributed by atoms with E-state index in [0.29, 0.717) is 5.69 Å². The van der Waals surface area contributed by atoms with Crippen LogP contribution in [-0.2, 0) is 0 Å². The lowest BCUT2D eigenvalue weighted by Gasteiger charge is -2.10. The lowest BCUT2D eigenvalue weighted by Crippen LogP contribution is -1.99. The van der Waals surface area contributed by atoms with Gasteiger partial charge in [0.15, 0.2) is 0 Å². The molecule has 0 saturated heterocycles. The van der Waals surface area contributed by atoms with Crippen LogP contribution in [0.15, 0.2) is 71.9 Å². The molecular weight excluding hydrogens is 322 g/mol. The quantitative estimate of drug-likeness (QED) is 0.527. The van der Waals surface area contributed by atoms with Crippen LogP contribution in [0.1, 0.15) is 17.0 Å². The highest BCUT2D eigenvalue weighted by Gasteiger charge is 2.10. The second kappa shape index (κ2) is 6.48. The van der Waals surface area contributed by atoms with Crippen molar-refractivity contribution in [2.45, 2.75) is 13.8 Å². The predicted octanol–water partition coefficient (Wildman–Crippen LogP) is 5.10. The van der Waals surface area contributed by atoms with Crippen LogP contribution >= 0.6 is 0 Å². The molecule has 0 aliphatic rings. The summed E-state index contributed by atoms with van der Waals surface area (Å²) in [5.74, 6) is 0.180. The molecule has 1 N–H and O–H groups in total. The van der Waals surface area contributed by atoms with Gasteiger partial charge in [-0.05, 0) is 56.3 Å². The van der Waals surface area contributed by atoms with Gasteiger partial charge in [-0.2, -0.15) is 0 Å². The van der Waals surface area contributed by atoms with Gasteiger partial charge in [-0.3, -0.25) is 9.98 Å². The van der Waals surface area contributed by atoms with E-state index in [1.54, 1.807) is 24.4 Å². The van der Waals surface area contributed by atoms with Gasteiger partial charge in [-0.1, -0.05) is 18.2 Å². The minimum atomic E-state index is 0.180. The third kappa shape index (κ3) is 2.86. The van der Waals surface area contributed by atoms with Gasteiger partial charge in [-0.15, -0.1) is 0 Å². The lowest BCUT2D eigenvalue weighted by molar-refractivity contribution is 0.477. The van der Waals surface area contributed by atoms with E-state index < -0.39 is 0 Å². The van der Waals surface area contributed by atoms with E-state index in [1.807, 2.05) is 24.4 Å². The van der Waals surface area contributed by atoms with E-state index in [0.717, 1.165) is 33.5 Å². The first-order valence-corrected chi connectivity index (χ1v) is 8.49. The first-order chi connectivity index (χ1) is 12.6. The molecule has 4 aromatic rings. The Morgan fingerprint density at radius 2 is 1.85 bits per heavy atom. The Labute approximate surface area is 152 Å². The summed E-state index contributed by atoms with van der Waals surface area (Å²) >= 11 is 0. The van der Waals surface area contributed by atoms with Gasteiger partial charge >= 0.3 is 0 Å². The Morgan fingerprint density at radius 1 is 1.00 bits per heavy atom. The summed E-state index contributed by atoms with van der Waals surface area (Å²) < 4.78 is 2.21. The van der Waals surface area contributed by atoms with Crippen molar-refractivity contribution in [3.05, 3.63) is 83.8 Å². The molecule has 0 fully saturated rings. The SMILES string of the molecule is Cc1cc(C=Nc2ccccc2O)c(C)n1-c1ccc2ncccc2c1. The summed E-state index contributed by atoms with van der Waals surface area (Å²) in [5.41, 5.74) is 5.91. The maximum absolute atomic E-state index is 9.87. The molecule has 4 rings (SSSR count). The maximum atomic E-state index is 9.87. The van der Waals surface area contributed by atoms with Crippen molar-refractivity contribution < 1.29 is 5.11 Å². The molecule has 2 aromatic heterocycles. The molecule has 4 heteroatoms. The number of fused-ring (bicyclic) bond motifs is 1. The minimum Gasteiger partial charge on any atom is -0.506 e. The minimum absolute atomic E-state index is 0.180. The van der Waals surface area contributed by atoms with E-state index in [9.17, 15) is 5.11 Å². The van der Waals surface area contributed by atoms with Gasteiger partial charge in [0.05, 0.1) is 5.52 Å². The molecule has 2 heterocycles. The van der Waals surface area contributed by atoms with Gasteiger partial charge in [0, 0.05) is 40.4 Å². The highest BCUT2D eigenvalue weighted by molar-refractivity contribution is 5.85. The van der Waals surface area contributed by atoms with Crippen LogP contribution in [0, 0.1) is 13.8 Å². The third-order valence-electron chi connectivity index (χ3n) is 4.54. The van der Waals surface area contributed by atoms with Crippen molar-refractivity contribution in [1.29, 1.82) is 0 Å². The van der Waals surface area contributed by atoms with Gasteiger partial charge < -0.3 is 9.67 Å². The van der Waals surface area contributed by atoms with Crippen molar-refractivity contribution in [2.24, 2.45) is 4.99 Å². The van der Waals surface area contributed by atoms with E-state index in [-0.39, 0.29) is 5.75 Å². The zero-order valence-corrected chi connectivity index (χ0v) is 14.7. The van der Waals surface area contributed by atoms with Crippen LogP contribution < -0.4 is 0 Å². The molecule has 128 valence electrons. The van der Waals surface area contributed by atoms with Crippen molar-refractivity contribution in [1.82, 2.24) is 9.55 Å². The highest BCUT2D eigenvalue weighted by Crippen LogP contribution is 2.26. The van der Waals surface area contributed by atoms with Gasteiger partial charge in [0.2, 0.25) is 0 Å². The Morgan fingerprint density at radius 3 is 2.69 bits per heavy atom. The predicted molar refractivity (Wildman–Crippen MR) is 106 cm³/mol. The van der Waals surface area contributed by atoms with Crippen LogP contribution in [0.2, 0.25) is 0 Å². The summed E-state index contributed by atoms with van der Waals surface area (Å²) in [4.78, 5) is 8.82. The average Bonchev–Trinajstić information content (AvgIpc) is 2.94. The molecule has 2 aromatic carbocycles. The number of aromatic hydroxyl groups is 1. The van der Waals surface area contributed by atoms with E-state index in [4.69, 9.17) is 0 Å². The number of pyridine rings is 1. The summed E-state index contributed by atoms with van der Waals surface area (Å²) in [6, 6.07) is 19.5. The number of hydrogen-bond acceptors (Lipinski definition) is 3. The molecule has 0 atom stereocenters. The topological polar surface area (TPSA) is 50.4 Å². The average molecular weight is 341 g/mol. The van der Waals surface area contributed by atoms with Crippen LogP contribution in [-0.4, -0.2) is 20.9 Å². The number of aromatic nitrogens is 2. The Bertz CT molecular complexity index is 1130. The molecule has 26 heavy (non-hydrogen) atoms. The second-order valence-corrected chi connectivity index (χ2v) is 6.29. The van der Waals surface area contributed by atoms with E-state index >= 15 is 0 Å². The fourth-order valence-corrected chi connectivity index (χ4v) is 3.23. The van der Waals surface area contributed by atoms with Crippen LogP contribution in [0.25, 0.3) is 16.6 Å². The normalized spacial score (nSPS) is 11.5. The zero-order chi connectivity index (χ0) is 18.1. The number of aliphatic imine (C=N–C) groups is 1. The van der Waals surface area contributed by atoms with Crippen LogP contribution in [0.4, 0.5) is 5.69 Å². The second-order valence-electron chi connectivity index (χ2n) is 6.29. The molecule has 0 aliphatic heterocycles. The van der Waals surface area contributed by atoms with Gasteiger partial charge in [0.25, 0.3) is 0 Å². The van der Waals surface area contributed by atoms with E-state index in [1.165, 1.54) is 0 Å². The first-order valence-electron chi connectivity index (χ1n) is 8.49. The molecule has 0 bridgehead atoms. The molecule has 4 nitrogen and oxygen atoms in total. The number of aryl methyl sites for hydroxylation is 1. The van der Waals surface area contributed by atoms with Crippen LogP contribution in [0.5, 0.6) is 5.75 Å². The standard InChI is InChI=1S/C22H19N3O/c1-15-12-18(14-24-21-7-3-4-8-22(21)26)16(2)25(15)19-9-10-20-17(13-19)6-5-11-23-20/h3-14,26H,1-2H3. The van der Waals surface area contributed by atoms with Gasteiger partial charge in [-0.25, -0.2) is 0 Å². The number of nitrogens with zero attached hydrogens (tertiary/aromatic N) is 3. The summed E-state index contributed by atoms with van der Waals surface area (Å²) in [6.07, 6.45) is 3.61. The zero-order valence-electron chi connectivity index (χ0n) is 14.7. The number of rotatable bonds is 3. The summed E-state index contributed by atoms with van der Waals surface area (Å²) in [5, 5.41) is 11.0. The number of benzene rings is 2. The van der Waals surface area contributed by atoms with Crippen molar-refractivity contribution >= 4 is 22.8 Å². The fourth-order valence-electron chi connectivity index (χ4n) is 3.23. The monoisotopic (exact) mass is 341 g/mol. The smallest absolute Gasteiger partial charge is 0.141 e. The van der Waals surface area contributed by atoms with Crippen molar-refractivity contribution in [2.75, 3.05) is 0 Å². The maximum Gasteiger partial charge on any atom is 0.141 e. The molecule has 0 spiro atoms. The van der Waals surface area contributed by atoms with Crippen molar-refractivity contribution in [3.8, 4) is 11.4 Å². The van der Waals surface area contributed by atoms with Crippen LogP contribution in [0.3, 0.4) is 0 Å². The van der Waals surface area contributed by atoms with Gasteiger partial charge in [0.1, 0.15) is 11.4 Å². The first kappa shape index (κ1) is 16.1. The number of hydrogen-bond donors (Lipinski definition) is 1. The molecular formula is C22H19N3O. The summed E-state index contributed by atoms with van der Waals surface area (Å²) in [7, 11) is 0. The molecule has 0 saturated carbocycles. The number of para-hydroxylation sites is 2. The Hall–Kier alpha value is -3.40. The lowest BCUT2D eigenvalue weighted by atomic mass is 10.2. The molecule has 0 radical (unpaired) electrons. The summed E-state index contributed by atoms with van der Waals surface area (Å²) in [6.45, 7) is 4.16. The molecule has 0 unspecified atom stereocenters. The molecule has 0 aliphatic carbocycles. The van der Waals surface area contributed by atoms with E-state index in [2.05, 4.69) is 52.7 Å². The molecule has 0 amide bonds. The Kier molecular flexibility index (Phi) is 4.01.